The second-order valence-corrected chi connectivity index (χ2v) is 12.9. The summed E-state index contributed by atoms with van der Waals surface area (Å²) < 4.78 is 46.5. The van der Waals surface area contributed by atoms with E-state index in [0.29, 0.717) is 38.3 Å². The number of likely N-dealkylation sites (tertiary alicyclic amines) is 1. The van der Waals surface area contributed by atoms with Crippen molar-refractivity contribution in [1.82, 2.24) is 15.1 Å². The standard InChI is InChI=1S/C26H38FN3O5S/c1-29-12-9-20(10-13-29)22(21-7-8-23(27)24(15-21)35-17-19-5-6-19)18-36(33,34)14-4-2-3-11-30-16-25(31)28-26(30)32/h7-8,15,19-20,22H,2-6,9-14,16-18H2,1H3,(H,28,31,32)/t22-/m1/s1. The average molecular weight is 524 g/mol. The summed E-state index contributed by atoms with van der Waals surface area (Å²) in [4.78, 5) is 26.6. The lowest BCUT2D eigenvalue weighted by Gasteiger charge is -2.34. The van der Waals surface area contributed by atoms with Crippen molar-refractivity contribution >= 4 is 21.8 Å². The lowest BCUT2D eigenvalue weighted by atomic mass is 9.81. The third kappa shape index (κ3) is 7.65. The van der Waals surface area contributed by atoms with Gasteiger partial charge in [0, 0.05) is 12.5 Å². The molecule has 2 aliphatic heterocycles. The summed E-state index contributed by atoms with van der Waals surface area (Å²) in [6, 6.07) is 4.47. The first kappa shape index (κ1) is 26.9. The number of unbranched alkanes of at least 4 members (excludes halogenated alkanes) is 2. The van der Waals surface area contributed by atoms with Gasteiger partial charge in [-0.2, -0.15) is 0 Å². The van der Waals surface area contributed by atoms with E-state index in [4.69, 9.17) is 4.74 Å². The minimum Gasteiger partial charge on any atom is -0.490 e. The number of imide groups is 1. The summed E-state index contributed by atoms with van der Waals surface area (Å²) in [7, 11) is -1.27. The first-order valence-electron chi connectivity index (χ1n) is 13.1. The first-order chi connectivity index (χ1) is 17.2. The number of halogens is 1. The van der Waals surface area contributed by atoms with E-state index in [2.05, 4.69) is 17.3 Å². The number of carbonyl (C=O) groups excluding carboxylic acids is 2. The lowest BCUT2D eigenvalue weighted by Crippen LogP contribution is -2.35. The zero-order valence-corrected chi connectivity index (χ0v) is 21.9. The fraction of sp³-hybridized carbons (Fsp3) is 0.692. The van der Waals surface area contributed by atoms with E-state index < -0.39 is 15.7 Å². The largest absolute Gasteiger partial charge is 0.490 e. The maximum atomic E-state index is 14.4. The van der Waals surface area contributed by atoms with Gasteiger partial charge in [0.2, 0.25) is 5.91 Å². The average Bonchev–Trinajstić information content (AvgIpc) is 3.60. The van der Waals surface area contributed by atoms with Gasteiger partial charge in [0.25, 0.3) is 0 Å². The summed E-state index contributed by atoms with van der Waals surface area (Å²) in [5.74, 6) is 0.140. The van der Waals surface area contributed by atoms with Crippen LogP contribution in [0.2, 0.25) is 0 Å². The lowest BCUT2D eigenvalue weighted by molar-refractivity contribution is -0.118. The molecule has 0 radical (unpaired) electrons. The van der Waals surface area contributed by atoms with Crippen molar-refractivity contribution in [1.29, 1.82) is 0 Å². The molecule has 4 rings (SSSR count). The molecule has 1 aliphatic carbocycles. The van der Waals surface area contributed by atoms with Crippen molar-refractivity contribution in [2.45, 2.75) is 50.9 Å². The molecule has 36 heavy (non-hydrogen) atoms. The van der Waals surface area contributed by atoms with Crippen LogP contribution in [0.4, 0.5) is 9.18 Å². The van der Waals surface area contributed by atoms with Crippen LogP contribution in [0.25, 0.3) is 0 Å². The molecular weight excluding hydrogens is 485 g/mol. The fourth-order valence-corrected chi connectivity index (χ4v) is 6.93. The predicted molar refractivity (Wildman–Crippen MR) is 135 cm³/mol. The van der Waals surface area contributed by atoms with Crippen LogP contribution >= 0.6 is 0 Å². The van der Waals surface area contributed by atoms with Crippen LogP contribution in [-0.2, 0) is 14.6 Å². The van der Waals surface area contributed by atoms with Gasteiger partial charge in [-0.3, -0.25) is 10.1 Å². The van der Waals surface area contributed by atoms with Crippen molar-refractivity contribution in [3.63, 3.8) is 0 Å². The van der Waals surface area contributed by atoms with Crippen molar-refractivity contribution in [2.75, 3.05) is 51.3 Å². The summed E-state index contributed by atoms with van der Waals surface area (Å²) in [6.07, 6.45) is 5.85. The molecule has 3 amide bonds. The van der Waals surface area contributed by atoms with Crippen LogP contribution in [-0.4, -0.2) is 81.5 Å². The van der Waals surface area contributed by atoms with E-state index in [1.807, 2.05) is 0 Å². The van der Waals surface area contributed by atoms with Crippen LogP contribution in [0.3, 0.4) is 0 Å². The molecule has 2 heterocycles. The zero-order valence-electron chi connectivity index (χ0n) is 21.1. The number of nitrogens with zero attached hydrogens (tertiary/aromatic N) is 2. The Bertz CT molecular complexity index is 1040. The highest BCUT2D eigenvalue weighted by atomic mass is 32.2. The van der Waals surface area contributed by atoms with Crippen LogP contribution in [0, 0.1) is 17.7 Å². The quantitative estimate of drug-likeness (QED) is 0.315. The highest BCUT2D eigenvalue weighted by Crippen LogP contribution is 2.37. The smallest absolute Gasteiger partial charge is 0.324 e. The Balaban J connectivity index is 1.36. The number of piperidine rings is 1. The van der Waals surface area contributed by atoms with Gasteiger partial charge in [0.05, 0.1) is 18.1 Å². The number of hydrogen-bond donors (Lipinski definition) is 1. The summed E-state index contributed by atoms with van der Waals surface area (Å²) in [6.45, 7) is 2.85. The summed E-state index contributed by atoms with van der Waals surface area (Å²) >= 11 is 0. The minimum absolute atomic E-state index is 0.0398. The Morgan fingerprint density at radius 3 is 2.53 bits per heavy atom. The summed E-state index contributed by atoms with van der Waals surface area (Å²) in [5.41, 5.74) is 0.838. The second kappa shape index (κ2) is 11.9. The Labute approximate surface area is 213 Å². The molecule has 1 saturated carbocycles. The van der Waals surface area contributed by atoms with Crippen LogP contribution in [0.5, 0.6) is 5.75 Å². The number of sulfone groups is 1. The monoisotopic (exact) mass is 523 g/mol. The summed E-state index contributed by atoms with van der Waals surface area (Å²) in [5, 5.41) is 2.24. The Morgan fingerprint density at radius 2 is 1.86 bits per heavy atom. The Kier molecular flexibility index (Phi) is 8.87. The third-order valence-electron chi connectivity index (χ3n) is 7.57. The molecule has 8 nitrogen and oxygen atoms in total. The van der Waals surface area contributed by atoms with Gasteiger partial charge in [-0.05, 0) is 88.2 Å². The van der Waals surface area contributed by atoms with E-state index in [0.717, 1.165) is 44.3 Å². The molecule has 0 aromatic heterocycles. The number of nitrogens with one attached hydrogen (secondary N) is 1. The van der Waals surface area contributed by atoms with Crippen molar-refractivity contribution in [3.05, 3.63) is 29.6 Å². The number of benzene rings is 1. The number of amides is 3. The van der Waals surface area contributed by atoms with Crippen molar-refractivity contribution < 1.29 is 27.1 Å². The predicted octanol–water partition coefficient (Wildman–Crippen LogP) is 3.18. The number of rotatable bonds is 13. The minimum atomic E-state index is -3.34. The van der Waals surface area contributed by atoms with Gasteiger partial charge in [-0.15, -0.1) is 0 Å². The molecule has 0 spiro atoms. The maximum absolute atomic E-state index is 14.4. The molecule has 1 atom stereocenters. The van der Waals surface area contributed by atoms with Gasteiger partial charge >= 0.3 is 6.03 Å². The molecule has 1 aromatic rings. The molecule has 2 saturated heterocycles. The number of urea groups is 1. The third-order valence-corrected chi connectivity index (χ3v) is 9.35. The van der Waals surface area contributed by atoms with Gasteiger partial charge in [-0.1, -0.05) is 12.5 Å². The topological polar surface area (TPSA) is 96.0 Å². The van der Waals surface area contributed by atoms with E-state index in [-0.39, 0.29) is 47.6 Å². The molecule has 3 fully saturated rings. The van der Waals surface area contributed by atoms with Crippen LogP contribution < -0.4 is 10.1 Å². The normalized spacial score (nSPS) is 20.6. The Morgan fingerprint density at radius 1 is 1.11 bits per heavy atom. The van der Waals surface area contributed by atoms with E-state index in [1.165, 1.54) is 11.0 Å². The Hall–Kier alpha value is -2.20. The van der Waals surface area contributed by atoms with E-state index in [1.54, 1.807) is 12.1 Å². The van der Waals surface area contributed by atoms with Gasteiger partial charge < -0.3 is 14.5 Å². The van der Waals surface area contributed by atoms with E-state index >= 15 is 0 Å². The molecular formula is C26H38FN3O5S. The zero-order chi connectivity index (χ0) is 25.7. The van der Waals surface area contributed by atoms with Gasteiger partial charge in [0.1, 0.15) is 6.54 Å². The SMILES string of the molecule is CN1CCC([C@@H](CS(=O)(=O)CCCCCN2CC(=O)NC2=O)c2ccc(F)c(OCC3CC3)c2)CC1. The fourth-order valence-electron chi connectivity index (χ4n) is 5.11. The van der Waals surface area contributed by atoms with Crippen molar-refractivity contribution in [3.8, 4) is 5.75 Å². The molecule has 1 N–H and O–H groups in total. The van der Waals surface area contributed by atoms with Crippen LogP contribution in [0.1, 0.15) is 56.4 Å². The van der Waals surface area contributed by atoms with Gasteiger partial charge in [-0.25, -0.2) is 17.6 Å². The molecule has 200 valence electrons. The number of ether oxygens (including phenoxy) is 1. The second-order valence-electron chi connectivity index (χ2n) is 10.6. The molecule has 1 aromatic carbocycles. The molecule has 10 heteroatoms. The highest BCUT2D eigenvalue weighted by Gasteiger charge is 2.32. The number of carbonyl (C=O) groups is 2. The maximum Gasteiger partial charge on any atom is 0.324 e. The number of hydrogen-bond acceptors (Lipinski definition) is 6. The van der Waals surface area contributed by atoms with E-state index in [9.17, 15) is 22.4 Å². The first-order valence-corrected chi connectivity index (χ1v) is 14.9. The van der Waals surface area contributed by atoms with Crippen LogP contribution in [0.15, 0.2) is 18.2 Å². The highest BCUT2D eigenvalue weighted by molar-refractivity contribution is 7.91. The molecule has 3 aliphatic rings. The van der Waals surface area contributed by atoms with Crippen molar-refractivity contribution in [2.24, 2.45) is 11.8 Å². The van der Waals surface area contributed by atoms with Gasteiger partial charge in [0.15, 0.2) is 21.4 Å². The molecule has 0 unspecified atom stereocenters. The molecule has 0 bridgehead atoms.